The van der Waals surface area contributed by atoms with Crippen LogP contribution in [-0.2, 0) is 14.8 Å². The average Bonchev–Trinajstić information content (AvgIpc) is 2.51. The highest BCUT2D eigenvalue weighted by Crippen LogP contribution is 2.32. The molecule has 0 aromatic heterocycles. The highest BCUT2D eigenvalue weighted by molar-refractivity contribution is 7.92. The summed E-state index contributed by atoms with van der Waals surface area (Å²) in [5.74, 6) is -0.556. The van der Waals surface area contributed by atoms with E-state index in [1.54, 1.807) is 0 Å². The number of carbonyl (C=O) groups excluding carboxylic acids is 1. The first-order chi connectivity index (χ1) is 10.7. The van der Waals surface area contributed by atoms with Gasteiger partial charge in [-0.1, -0.05) is 23.2 Å². The molecule has 0 unspecified atom stereocenters. The van der Waals surface area contributed by atoms with Crippen molar-refractivity contribution in [3.05, 3.63) is 52.0 Å². The highest BCUT2D eigenvalue weighted by atomic mass is 35.5. The number of ether oxygens (including phenoxy) is 1. The van der Waals surface area contributed by atoms with Gasteiger partial charge in [-0.3, -0.25) is 4.72 Å². The minimum Gasteiger partial charge on any atom is -0.465 e. The van der Waals surface area contributed by atoms with E-state index in [0.717, 1.165) is 0 Å². The molecule has 0 radical (unpaired) electrons. The Morgan fingerprint density at radius 2 is 1.65 bits per heavy atom. The van der Waals surface area contributed by atoms with Crippen LogP contribution in [0.5, 0.6) is 0 Å². The van der Waals surface area contributed by atoms with Crippen LogP contribution in [0, 0.1) is 0 Å². The van der Waals surface area contributed by atoms with Crippen molar-refractivity contribution in [3.8, 4) is 0 Å². The molecule has 0 fully saturated rings. The molecule has 3 N–H and O–H groups in total. The normalized spacial score (nSPS) is 11.1. The largest absolute Gasteiger partial charge is 0.465 e. The topological polar surface area (TPSA) is 98.5 Å². The molecular formula is C14H12Cl2N2O4S. The molecule has 0 spiro atoms. The van der Waals surface area contributed by atoms with Gasteiger partial charge in [-0.25, -0.2) is 13.2 Å². The van der Waals surface area contributed by atoms with Gasteiger partial charge in [-0.15, -0.1) is 0 Å². The van der Waals surface area contributed by atoms with Crippen LogP contribution >= 0.6 is 23.2 Å². The van der Waals surface area contributed by atoms with Crippen molar-refractivity contribution in [3.63, 3.8) is 0 Å². The van der Waals surface area contributed by atoms with Gasteiger partial charge in [0.1, 0.15) is 0 Å². The summed E-state index contributed by atoms with van der Waals surface area (Å²) in [5, 5.41) is 0.271. The Bertz CT molecular complexity index is 829. The zero-order valence-corrected chi connectivity index (χ0v) is 14.2. The molecule has 0 saturated carbocycles. The Hall–Kier alpha value is -1.96. The van der Waals surface area contributed by atoms with Crippen LogP contribution in [0.15, 0.2) is 41.3 Å². The molecule has 0 aliphatic carbocycles. The molecule has 122 valence electrons. The minimum absolute atomic E-state index is 0.0331. The lowest BCUT2D eigenvalue weighted by Crippen LogP contribution is -2.13. The molecule has 2 aromatic rings. The quantitative estimate of drug-likeness (QED) is 0.632. The fourth-order valence-electron chi connectivity index (χ4n) is 1.75. The number of halogens is 2. The van der Waals surface area contributed by atoms with E-state index in [-0.39, 0.29) is 31.9 Å². The predicted molar refractivity (Wildman–Crippen MR) is 89.5 cm³/mol. The molecule has 9 heteroatoms. The van der Waals surface area contributed by atoms with Gasteiger partial charge in [0.25, 0.3) is 10.0 Å². The number of hydrogen-bond donors (Lipinski definition) is 2. The second-order valence-electron chi connectivity index (χ2n) is 4.48. The van der Waals surface area contributed by atoms with Gasteiger partial charge in [0.2, 0.25) is 0 Å². The molecule has 0 aliphatic heterocycles. The second-order valence-corrected chi connectivity index (χ2v) is 6.97. The fourth-order valence-corrected chi connectivity index (χ4v) is 3.27. The van der Waals surface area contributed by atoms with E-state index < -0.39 is 16.0 Å². The summed E-state index contributed by atoms with van der Waals surface area (Å²) in [6.45, 7) is 0. The molecule has 2 aromatic carbocycles. The first-order valence-electron chi connectivity index (χ1n) is 6.20. The second kappa shape index (κ2) is 6.66. The number of rotatable bonds is 4. The van der Waals surface area contributed by atoms with Crippen molar-refractivity contribution in [1.29, 1.82) is 0 Å². The van der Waals surface area contributed by atoms with Crippen LogP contribution in [0.4, 0.5) is 11.4 Å². The van der Waals surface area contributed by atoms with Crippen LogP contribution in [0.3, 0.4) is 0 Å². The van der Waals surface area contributed by atoms with Gasteiger partial charge < -0.3 is 10.5 Å². The molecular weight excluding hydrogens is 363 g/mol. The van der Waals surface area contributed by atoms with Gasteiger partial charge in [0.15, 0.2) is 0 Å². The molecule has 0 amide bonds. The van der Waals surface area contributed by atoms with Crippen LogP contribution in [0.1, 0.15) is 10.4 Å². The number of anilines is 2. The van der Waals surface area contributed by atoms with Crippen molar-refractivity contribution < 1.29 is 17.9 Å². The summed E-state index contributed by atoms with van der Waals surface area (Å²) < 4.78 is 31.5. The molecule has 0 aliphatic rings. The van der Waals surface area contributed by atoms with E-state index in [2.05, 4.69) is 9.46 Å². The van der Waals surface area contributed by atoms with E-state index in [0.29, 0.717) is 0 Å². The molecule has 23 heavy (non-hydrogen) atoms. The maximum absolute atomic E-state index is 12.3. The van der Waals surface area contributed by atoms with E-state index in [4.69, 9.17) is 28.9 Å². The zero-order chi connectivity index (χ0) is 17.2. The zero-order valence-electron chi connectivity index (χ0n) is 11.8. The Balaban J connectivity index is 2.30. The lowest BCUT2D eigenvalue weighted by molar-refractivity contribution is 0.0600. The van der Waals surface area contributed by atoms with Crippen molar-refractivity contribution in [2.75, 3.05) is 17.6 Å². The molecule has 6 nitrogen and oxygen atoms in total. The number of nitrogens with one attached hydrogen (secondary N) is 1. The molecule has 0 bridgehead atoms. The summed E-state index contributed by atoms with van der Waals surface area (Å²) in [7, 11) is -2.63. The van der Waals surface area contributed by atoms with E-state index in [1.807, 2.05) is 0 Å². The van der Waals surface area contributed by atoms with Crippen molar-refractivity contribution >= 4 is 50.6 Å². The Morgan fingerprint density at radius 1 is 1.13 bits per heavy atom. The summed E-state index contributed by atoms with van der Waals surface area (Å²) in [5.41, 5.74) is 6.18. The van der Waals surface area contributed by atoms with Crippen LogP contribution < -0.4 is 10.5 Å². The van der Waals surface area contributed by atoms with Crippen molar-refractivity contribution in [2.45, 2.75) is 4.90 Å². The third-order valence-electron chi connectivity index (χ3n) is 2.92. The number of nitrogens with two attached hydrogens (primary N) is 1. The Labute approximate surface area is 143 Å². The van der Waals surface area contributed by atoms with Crippen LogP contribution in [0.25, 0.3) is 0 Å². The van der Waals surface area contributed by atoms with Gasteiger partial charge in [0, 0.05) is 0 Å². The SMILES string of the molecule is COC(=O)c1ccc(S(=O)(=O)Nc2cc(Cl)c(N)c(Cl)c2)cc1. The first kappa shape index (κ1) is 17.4. The maximum Gasteiger partial charge on any atom is 0.337 e. The Kier molecular flexibility index (Phi) is 5.03. The van der Waals surface area contributed by atoms with Crippen molar-refractivity contribution in [1.82, 2.24) is 0 Å². The Morgan fingerprint density at radius 3 is 2.13 bits per heavy atom. The smallest absolute Gasteiger partial charge is 0.337 e. The fraction of sp³-hybridized carbons (Fsp3) is 0.0714. The molecule has 0 saturated heterocycles. The number of hydrogen-bond acceptors (Lipinski definition) is 5. The molecule has 0 heterocycles. The number of esters is 1. The van der Waals surface area contributed by atoms with E-state index >= 15 is 0 Å². The van der Waals surface area contributed by atoms with E-state index in [9.17, 15) is 13.2 Å². The number of benzene rings is 2. The maximum atomic E-state index is 12.3. The number of nitrogen functional groups attached to an aromatic ring is 1. The summed E-state index contributed by atoms with van der Waals surface area (Å²) in [4.78, 5) is 11.3. The third-order valence-corrected chi connectivity index (χ3v) is 4.94. The van der Waals surface area contributed by atoms with Gasteiger partial charge in [-0.2, -0.15) is 0 Å². The lowest BCUT2D eigenvalue weighted by atomic mass is 10.2. The summed E-state index contributed by atoms with van der Waals surface area (Å²) >= 11 is 11.7. The van der Waals surface area contributed by atoms with Gasteiger partial charge >= 0.3 is 5.97 Å². The lowest BCUT2D eigenvalue weighted by Gasteiger charge is -2.10. The van der Waals surface area contributed by atoms with Crippen molar-refractivity contribution in [2.24, 2.45) is 0 Å². The number of sulfonamides is 1. The highest BCUT2D eigenvalue weighted by Gasteiger charge is 2.16. The van der Waals surface area contributed by atoms with Gasteiger partial charge in [0.05, 0.1) is 39.0 Å². The predicted octanol–water partition coefficient (Wildman–Crippen LogP) is 3.16. The average molecular weight is 375 g/mol. The van der Waals surface area contributed by atoms with E-state index in [1.165, 1.54) is 43.5 Å². The summed E-state index contributed by atoms with van der Waals surface area (Å²) in [6.07, 6.45) is 0. The number of methoxy groups -OCH3 is 1. The number of carbonyl (C=O) groups is 1. The minimum atomic E-state index is -3.87. The monoisotopic (exact) mass is 374 g/mol. The van der Waals surface area contributed by atoms with Crippen LogP contribution in [-0.4, -0.2) is 21.5 Å². The third kappa shape index (κ3) is 3.87. The first-order valence-corrected chi connectivity index (χ1v) is 8.44. The molecule has 2 rings (SSSR count). The standard InChI is InChI=1S/C14H12Cl2N2O4S/c1-22-14(19)8-2-4-10(5-3-8)23(20,21)18-9-6-11(15)13(17)12(16)7-9/h2-7,18H,17H2,1H3. The van der Waals surface area contributed by atoms with Gasteiger partial charge in [-0.05, 0) is 36.4 Å². The molecule has 0 atom stereocenters. The summed E-state index contributed by atoms with van der Waals surface area (Å²) in [6, 6.07) is 7.98. The van der Waals surface area contributed by atoms with Crippen LogP contribution in [0.2, 0.25) is 10.0 Å².